The summed E-state index contributed by atoms with van der Waals surface area (Å²) < 4.78 is 68.2. The summed E-state index contributed by atoms with van der Waals surface area (Å²) in [6.45, 7) is 8.37. The Morgan fingerprint density at radius 2 is 1.59 bits per heavy atom. The predicted octanol–water partition coefficient (Wildman–Crippen LogP) is 4.55. The van der Waals surface area contributed by atoms with E-state index < -0.39 is 60.5 Å². The number of unbranched alkanes of at least 4 members (excludes halogenated alkanes) is 2. The van der Waals surface area contributed by atoms with Gasteiger partial charge in [0.1, 0.15) is 6.20 Å². The third-order valence-corrected chi connectivity index (χ3v) is 11.8. The van der Waals surface area contributed by atoms with Gasteiger partial charge >= 0.3 is 11.8 Å². The summed E-state index contributed by atoms with van der Waals surface area (Å²) in [4.78, 5) is 36.7. The molecule has 0 spiro atoms. The number of aromatic nitrogens is 2. The Hall–Kier alpha value is -5.34. The fraction of sp³-hybridized carbons (Fsp3) is 0.385. The third kappa shape index (κ3) is 9.67. The van der Waals surface area contributed by atoms with Gasteiger partial charge in [-0.05, 0) is 73.7 Å². The number of aliphatic imine (C=N–C) groups is 1. The van der Waals surface area contributed by atoms with E-state index in [-0.39, 0.29) is 29.8 Å². The lowest BCUT2D eigenvalue weighted by Crippen LogP contribution is -2.38. The number of fused-ring (bicyclic) bond motifs is 2. The predicted molar refractivity (Wildman–Crippen MR) is 212 cm³/mol. The summed E-state index contributed by atoms with van der Waals surface area (Å²) in [5, 5.41) is 29.7. The minimum absolute atomic E-state index is 0.0368. The Balaban J connectivity index is 1.35. The van der Waals surface area contributed by atoms with Gasteiger partial charge in [0.2, 0.25) is 11.8 Å². The summed E-state index contributed by atoms with van der Waals surface area (Å²) in [5.41, 5.74) is 2.41. The minimum atomic E-state index is -4.47. The van der Waals surface area contributed by atoms with Crippen molar-refractivity contribution in [1.82, 2.24) is 9.79 Å². The van der Waals surface area contributed by atoms with Crippen LogP contribution in [0.15, 0.2) is 88.6 Å². The molecule has 0 saturated heterocycles. The Bertz CT molecular complexity index is 2430. The lowest BCUT2D eigenvalue weighted by molar-refractivity contribution is -0.684. The standard InChI is InChI=1S/C39H47N5O12S2/c1-38(2)29-23-26(37(48)41(5)49)25-42(20-12-22-57(50,51)52)36(29)40-31(38)13-8-6-9-14-32-39(3,4)28-24-27(58(53,54)55)16-17-30(28)43(32)21-11-7-10-15-35(47)56-44-33(45)18-19-34(44)46/h6,8-9,13-14,16-19,23-25,49H,7,10-12,15,20-22H2,1-5H3,(H3-,45,46,50,51,52,53,54,55)/p+1. The lowest BCUT2D eigenvalue weighted by Gasteiger charge is -2.27. The first-order valence-corrected chi connectivity index (χ1v) is 21.4. The first kappa shape index (κ1) is 43.8. The number of allylic oxidation sites excluding steroid dienone is 6. The summed E-state index contributed by atoms with van der Waals surface area (Å²) >= 11 is 0. The molecule has 0 aliphatic carbocycles. The number of pyridine rings is 1. The molecule has 58 heavy (non-hydrogen) atoms. The second kappa shape index (κ2) is 16.9. The zero-order valence-corrected chi connectivity index (χ0v) is 34.4. The molecule has 0 fully saturated rings. The van der Waals surface area contributed by atoms with E-state index in [0.717, 1.165) is 11.4 Å². The van der Waals surface area contributed by atoms with E-state index in [1.165, 1.54) is 37.5 Å². The molecule has 0 unspecified atom stereocenters. The van der Waals surface area contributed by atoms with Crippen LogP contribution >= 0.6 is 0 Å². The van der Waals surface area contributed by atoms with Crippen LogP contribution in [-0.2, 0) is 42.4 Å². The quantitative estimate of drug-likeness (QED) is 0.0333. The molecule has 2 aromatic heterocycles. The van der Waals surface area contributed by atoms with Crippen LogP contribution in [0.2, 0.25) is 0 Å². The van der Waals surface area contributed by atoms with E-state index in [0.29, 0.717) is 58.3 Å². The van der Waals surface area contributed by atoms with Crippen LogP contribution in [0.1, 0.15) is 81.3 Å². The maximum Gasteiger partial charge on any atom is 0.333 e. The number of hydrogen-bond acceptors (Lipinski definition) is 12. The number of nitrogens with zero attached hydrogens (tertiary/aromatic N) is 5. The highest BCUT2D eigenvalue weighted by Gasteiger charge is 2.43. The maximum atomic E-state index is 12.7. The molecule has 2 aliphatic rings. The Labute approximate surface area is 336 Å². The van der Waals surface area contributed by atoms with Gasteiger partial charge in [-0.1, -0.05) is 38.5 Å². The Kier molecular flexibility index (Phi) is 12.7. The summed E-state index contributed by atoms with van der Waals surface area (Å²) in [6, 6.07) is 8.49. The molecule has 0 radical (unpaired) electrons. The fourth-order valence-electron chi connectivity index (χ4n) is 7.03. The largest absolute Gasteiger partial charge is 0.492 e. The van der Waals surface area contributed by atoms with E-state index in [9.17, 15) is 51.0 Å². The van der Waals surface area contributed by atoms with Gasteiger partial charge in [0.05, 0.1) is 33.7 Å². The minimum Gasteiger partial charge on any atom is -0.492 e. The van der Waals surface area contributed by atoms with Crippen molar-refractivity contribution in [3.8, 4) is 11.8 Å². The number of anilines is 1. The average Bonchev–Trinajstić information content (AvgIpc) is 3.66. The van der Waals surface area contributed by atoms with Crippen LogP contribution in [-0.4, -0.2) is 88.1 Å². The highest BCUT2D eigenvalue weighted by molar-refractivity contribution is 7.86. The number of rotatable bonds is 16. The lowest BCUT2D eigenvalue weighted by atomic mass is 9.81. The van der Waals surface area contributed by atoms with Crippen molar-refractivity contribution < 1.29 is 60.4 Å². The van der Waals surface area contributed by atoms with Crippen LogP contribution in [0.25, 0.3) is 0 Å². The van der Waals surface area contributed by atoms with Crippen molar-refractivity contribution in [3.05, 3.63) is 95.4 Å². The normalized spacial score (nSPS) is 16.6. The van der Waals surface area contributed by atoms with E-state index in [1.54, 1.807) is 28.9 Å². The zero-order chi connectivity index (χ0) is 42.8. The monoisotopic (exact) mass is 842 g/mol. The van der Waals surface area contributed by atoms with Crippen LogP contribution in [0.4, 0.5) is 11.5 Å². The van der Waals surface area contributed by atoms with Gasteiger partial charge in [0.25, 0.3) is 26.1 Å². The van der Waals surface area contributed by atoms with Gasteiger partial charge in [0, 0.05) is 55.4 Å². The highest BCUT2D eigenvalue weighted by atomic mass is 32.2. The zero-order valence-electron chi connectivity index (χ0n) is 32.7. The average molecular weight is 843 g/mol. The van der Waals surface area contributed by atoms with Gasteiger partial charge in [-0.25, -0.2) is 14.4 Å². The molecule has 0 saturated carbocycles. The second-order valence-electron chi connectivity index (χ2n) is 15.1. The molecule has 5 rings (SSSR count). The topological polar surface area (TPSA) is 240 Å². The molecule has 17 nitrogen and oxygen atoms in total. The Morgan fingerprint density at radius 3 is 2.22 bits per heavy atom. The number of aryl methyl sites for hydroxylation is 1. The molecule has 1 aromatic carbocycles. The van der Waals surface area contributed by atoms with Crippen LogP contribution in [0.3, 0.4) is 0 Å². The van der Waals surface area contributed by atoms with Crippen LogP contribution in [0, 0.1) is 0 Å². The molecular weight excluding hydrogens is 795 g/mol. The van der Waals surface area contributed by atoms with E-state index in [4.69, 9.17) is 9.83 Å². The molecule has 4 heterocycles. The number of aromatic hydroxyl groups is 2. The highest BCUT2D eigenvalue weighted by Crippen LogP contribution is 2.48. The van der Waals surface area contributed by atoms with E-state index in [2.05, 4.69) is 4.90 Å². The van der Waals surface area contributed by atoms with Crippen molar-refractivity contribution in [2.45, 2.75) is 82.1 Å². The van der Waals surface area contributed by atoms with Crippen molar-refractivity contribution in [2.75, 3.05) is 24.2 Å². The Morgan fingerprint density at radius 1 is 0.897 bits per heavy atom. The van der Waals surface area contributed by atoms with Crippen molar-refractivity contribution in [2.24, 2.45) is 4.99 Å². The maximum absolute atomic E-state index is 12.7. The van der Waals surface area contributed by atoms with Crippen LogP contribution in [0.5, 0.6) is 11.8 Å². The number of carbonyl (C=O) groups excluding carboxylic acids is 2. The van der Waals surface area contributed by atoms with E-state index in [1.807, 2.05) is 45.9 Å². The number of benzene rings is 1. The molecule has 0 atom stereocenters. The number of amides is 1. The third-order valence-electron chi connectivity index (χ3n) is 10.1. The molecule has 19 heteroatoms. The first-order valence-electron chi connectivity index (χ1n) is 18.4. The van der Waals surface area contributed by atoms with Crippen molar-refractivity contribution in [1.29, 1.82) is 0 Å². The fourth-order valence-corrected chi connectivity index (χ4v) is 8.03. The summed E-state index contributed by atoms with van der Waals surface area (Å²) in [7, 11) is -7.48. The van der Waals surface area contributed by atoms with Gasteiger partial charge in [0.15, 0.2) is 5.71 Å². The molecule has 2 aliphatic heterocycles. The van der Waals surface area contributed by atoms with Gasteiger partial charge in [-0.3, -0.25) is 19.1 Å². The molecule has 312 valence electrons. The number of hydroxylamine groups is 2. The van der Waals surface area contributed by atoms with Gasteiger partial charge in [-0.15, -0.1) is 4.73 Å². The molecular formula is C39H48N5O12S2+. The SMILES string of the molecule is CN(O)C(=O)c1cc2c([n+](CCCS(=O)(=O)O)c1)N=C(C=CC=CC=C1N(CCCCCC(=O)On3c(O)ccc3O)c3ccc(S(=O)(=O)O)cc3C1(C)C)C2(C)C. The summed E-state index contributed by atoms with van der Waals surface area (Å²) in [6.07, 6.45) is 12.4. The summed E-state index contributed by atoms with van der Waals surface area (Å²) in [5.74, 6) is -2.10. The van der Waals surface area contributed by atoms with Gasteiger partial charge in [-0.2, -0.15) is 16.8 Å². The molecule has 3 aromatic rings. The van der Waals surface area contributed by atoms with Gasteiger partial charge < -0.3 is 20.0 Å². The molecule has 0 bridgehead atoms. The van der Waals surface area contributed by atoms with Crippen molar-refractivity contribution in [3.63, 3.8) is 0 Å². The number of hydrogen-bond donors (Lipinski definition) is 5. The second-order valence-corrected chi connectivity index (χ2v) is 18.1. The number of carbonyl (C=O) groups is 2. The smallest absolute Gasteiger partial charge is 0.333 e. The molecule has 5 N–H and O–H groups in total. The molecule has 1 amide bonds. The van der Waals surface area contributed by atoms with Crippen LogP contribution < -0.4 is 14.3 Å². The first-order chi connectivity index (χ1) is 27.0. The van der Waals surface area contributed by atoms with Crippen molar-refractivity contribution >= 4 is 49.3 Å². The van der Waals surface area contributed by atoms with E-state index >= 15 is 0 Å².